The molecule has 18 heavy (non-hydrogen) atoms. The Kier molecular flexibility index (Phi) is 3.44. The molecule has 0 bridgehead atoms. The van der Waals surface area contributed by atoms with E-state index in [2.05, 4.69) is 64.2 Å². The number of hydrogen-bond donors (Lipinski definition) is 1. The molecule has 0 unspecified atom stereocenters. The highest BCUT2D eigenvalue weighted by atomic mass is 14.9. The summed E-state index contributed by atoms with van der Waals surface area (Å²) in [5.41, 5.74) is 3.50. The minimum atomic E-state index is 0.448. The van der Waals surface area contributed by atoms with Gasteiger partial charge in [-0.2, -0.15) is 0 Å². The van der Waals surface area contributed by atoms with E-state index in [4.69, 9.17) is 0 Å². The Balaban J connectivity index is 2.09. The maximum Gasteiger partial charge on any atom is 0.0344 e. The number of rotatable bonds is 2. The summed E-state index contributed by atoms with van der Waals surface area (Å²) in [7, 11) is 0. The zero-order valence-electron chi connectivity index (χ0n) is 12.5. The van der Waals surface area contributed by atoms with Crippen LogP contribution in [0.25, 0.3) is 0 Å². The summed E-state index contributed by atoms with van der Waals surface area (Å²) in [5, 5.41) is 3.73. The highest BCUT2D eigenvalue weighted by Crippen LogP contribution is 2.46. The highest BCUT2D eigenvalue weighted by molar-refractivity contribution is 5.46. The fraction of sp³-hybridized carbons (Fsp3) is 0.647. The van der Waals surface area contributed by atoms with Crippen LogP contribution in [-0.4, -0.2) is 6.04 Å². The second kappa shape index (κ2) is 4.60. The molecule has 1 N–H and O–H groups in total. The van der Waals surface area contributed by atoms with E-state index in [9.17, 15) is 0 Å². The Morgan fingerprint density at radius 1 is 1.06 bits per heavy atom. The lowest BCUT2D eigenvalue weighted by atomic mass is 9.63. The van der Waals surface area contributed by atoms with Crippen molar-refractivity contribution in [3.05, 3.63) is 29.8 Å². The molecule has 0 aromatic heterocycles. The number of nitrogens with one attached hydrogen (secondary N) is 1. The smallest absolute Gasteiger partial charge is 0.0344 e. The molecule has 0 heterocycles. The number of aryl methyl sites for hydroxylation is 1. The fourth-order valence-corrected chi connectivity index (χ4v) is 3.92. The normalized spacial score (nSPS) is 22.7. The van der Waals surface area contributed by atoms with Gasteiger partial charge in [0.1, 0.15) is 0 Å². The zero-order chi connectivity index (χ0) is 13.4. The number of benzene rings is 1. The van der Waals surface area contributed by atoms with Gasteiger partial charge < -0.3 is 5.32 Å². The average Bonchev–Trinajstić information content (AvgIpc) is 2.11. The van der Waals surface area contributed by atoms with Crippen LogP contribution < -0.4 is 5.32 Å². The molecule has 1 aromatic carbocycles. The van der Waals surface area contributed by atoms with E-state index in [0.29, 0.717) is 16.9 Å². The van der Waals surface area contributed by atoms with Crippen molar-refractivity contribution in [3.63, 3.8) is 0 Å². The molecule has 2 rings (SSSR count). The molecule has 1 saturated carbocycles. The van der Waals surface area contributed by atoms with Crippen LogP contribution in [0.15, 0.2) is 24.3 Å². The molecule has 1 fully saturated rings. The second-order valence-electron chi connectivity index (χ2n) is 7.62. The molecule has 0 radical (unpaired) electrons. The van der Waals surface area contributed by atoms with Crippen molar-refractivity contribution in [2.45, 2.75) is 59.9 Å². The van der Waals surface area contributed by atoms with Crippen LogP contribution in [0.3, 0.4) is 0 Å². The lowest BCUT2D eigenvalue weighted by Gasteiger charge is -2.45. The van der Waals surface area contributed by atoms with Gasteiger partial charge >= 0.3 is 0 Å². The van der Waals surface area contributed by atoms with Gasteiger partial charge in [-0.1, -0.05) is 39.8 Å². The molecule has 100 valence electrons. The lowest BCUT2D eigenvalue weighted by Crippen LogP contribution is -2.40. The Bertz CT molecular complexity index is 401. The standard InChI is InChI=1S/C17H27N/c1-13-7-6-8-14(9-13)18-15-10-16(2,3)12-17(4,5)11-15/h6-9,15,18H,10-12H2,1-5H3. The highest BCUT2D eigenvalue weighted by Gasteiger charge is 2.38. The van der Waals surface area contributed by atoms with E-state index in [-0.39, 0.29) is 0 Å². The van der Waals surface area contributed by atoms with Crippen molar-refractivity contribution >= 4 is 5.69 Å². The van der Waals surface area contributed by atoms with Gasteiger partial charge in [-0.25, -0.2) is 0 Å². The summed E-state index contributed by atoms with van der Waals surface area (Å²) in [6.07, 6.45) is 3.86. The lowest BCUT2D eigenvalue weighted by molar-refractivity contribution is 0.105. The first-order valence-corrected chi connectivity index (χ1v) is 7.09. The molecular formula is C17H27N. The summed E-state index contributed by atoms with van der Waals surface area (Å²) in [5.74, 6) is 0. The molecule has 0 saturated heterocycles. The summed E-state index contributed by atoms with van der Waals surface area (Å²) < 4.78 is 0. The number of hydrogen-bond acceptors (Lipinski definition) is 1. The van der Waals surface area contributed by atoms with Crippen LogP contribution >= 0.6 is 0 Å². The summed E-state index contributed by atoms with van der Waals surface area (Å²) in [6.45, 7) is 11.8. The van der Waals surface area contributed by atoms with Crippen molar-refractivity contribution in [2.75, 3.05) is 5.32 Å². The van der Waals surface area contributed by atoms with Crippen LogP contribution in [0.1, 0.15) is 52.5 Å². The average molecular weight is 245 g/mol. The third-order valence-corrected chi connectivity index (χ3v) is 3.94. The van der Waals surface area contributed by atoms with E-state index >= 15 is 0 Å². The maximum atomic E-state index is 3.73. The van der Waals surface area contributed by atoms with Gasteiger partial charge in [-0.15, -0.1) is 0 Å². The summed E-state index contributed by atoms with van der Waals surface area (Å²) in [6, 6.07) is 9.32. The topological polar surface area (TPSA) is 12.0 Å². The minimum absolute atomic E-state index is 0.448. The largest absolute Gasteiger partial charge is 0.382 e. The molecular weight excluding hydrogens is 218 g/mol. The van der Waals surface area contributed by atoms with Crippen LogP contribution in [-0.2, 0) is 0 Å². The van der Waals surface area contributed by atoms with E-state index in [0.717, 1.165) is 0 Å². The Morgan fingerprint density at radius 2 is 1.67 bits per heavy atom. The van der Waals surface area contributed by atoms with Crippen LogP contribution in [0.4, 0.5) is 5.69 Å². The monoisotopic (exact) mass is 245 g/mol. The van der Waals surface area contributed by atoms with E-state index in [1.807, 2.05) is 0 Å². The quantitative estimate of drug-likeness (QED) is 0.772. The SMILES string of the molecule is Cc1cccc(NC2CC(C)(C)CC(C)(C)C2)c1. The summed E-state index contributed by atoms with van der Waals surface area (Å²) in [4.78, 5) is 0. The van der Waals surface area contributed by atoms with Gasteiger partial charge in [0.2, 0.25) is 0 Å². The van der Waals surface area contributed by atoms with Gasteiger partial charge in [0.25, 0.3) is 0 Å². The molecule has 0 spiro atoms. The van der Waals surface area contributed by atoms with Crippen LogP contribution in [0.5, 0.6) is 0 Å². The molecule has 0 atom stereocenters. The van der Waals surface area contributed by atoms with Crippen molar-refractivity contribution in [1.29, 1.82) is 0 Å². The Morgan fingerprint density at radius 3 is 2.22 bits per heavy atom. The summed E-state index contributed by atoms with van der Waals surface area (Å²) >= 11 is 0. The minimum Gasteiger partial charge on any atom is -0.382 e. The first-order valence-electron chi connectivity index (χ1n) is 7.09. The maximum absolute atomic E-state index is 3.73. The van der Waals surface area contributed by atoms with E-state index in [1.165, 1.54) is 30.5 Å². The molecule has 1 nitrogen and oxygen atoms in total. The second-order valence-corrected chi connectivity index (χ2v) is 7.62. The molecule has 1 heteroatoms. The Labute approximate surface area is 112 Å². The number of anilines is 1. The van der Waals surface area contributed by atoms with Gasteiger partial charge in [0.15, 0.2) is 0 Å². The molecule has 1 aliphatic rings. The van der Waals surface area contributed by atoms with Gasteiger partial charge in [-0.3, -0.25) is 0 Å². The Hall–Kier alpha value is -0.980. The van der Waals surface area contributed by atoms with Crippen LogP contribution in [0.2, 0.25) is 0 Å². The van der Waals surface area contributed by atoms with Crippen molar-refractivity contribution in [2.24, 2.45) is 10.8 Å². The zero-order valence-corrected chi connectivity index (χ0v) is 12.5. The van der Waals surface area contributed by atoms with Crippen molar-refractivity contribution < 1.29 is 0 Å². The third-order valence-electron chi connectivity index (χ3n) is 3.94. The molecule has 1 aromatic rings. The predicted octanol–water partition coefficient (Wildman–Crippen LogP) is 5.01. The first-order chi connectivity index (χ1) is 8.26. The molecule has 0 amide bonds. The van der Waals surface area contributed by atoms with Gasteiger partial charge in [0, 0.05) is 11.7 Å². The predicted molar refractivity (Wildman–Crippen MR) is 80.0 cm³/mol. The fourth-order valence-electron chi connectivity index (χ4n) is 3.92. The van der Waals surface area contributed by atoms with E-state index in [1.54, 1.807) is 0 Å². The first kappa shape index (κ1) is 13.5. The van der Waals surface area contributed by atoms with Gasteiger partial charge in [0.05, 0.1) is 0 Å². The molecule has 0 aliphatic heterocycles. The van der Waals surface area contributed by atoms with Crippen LogP contribution in [0, 0.1) is 17.8 Å². The van der Waals surface area contributed by atoms with Gasteiger partial charge in [-0.05, 0) is 54.7 Å². The van der Waals surface area contributed by atoms with Crippen molar-refractivity contribution in [3.8, 4) is 0 Å². The van der Waals surface area contributed by atoms with E-state index < -0.39 is 0 Å². The molecule has 1 aliphatic carbocycles. The third kappa shape index (κ3) is 3.51. The van der Waals surface area contributed by atoms with Crippen molar-refractivity contribution in [1.82, 2.24) is 0 Å².